The Hall–Kier alpha value is -2.18. The van der Waals surface area contributed by atoms with Crippen molar-refractivity contribution in [3.63, 3.8) is 0 Å². The Morgan fingerprint density at radius 2 is 2.10 bits per heavy atom. The molecule has 1 aliphatic carbocycles. The van der Waals surface area contributed by atoms with E-state index in [2.05, 4.69) is 39.1 Å². The molecule has 2 aliphatic rings. The maximum atomic E-state index is 12.9. The van der Waals surface area contributed by atoms with Crippen LogP contribution in [0, 0.1) is 5.92 Å². The molecule has 0 bridgehead atoms. The van der Waals surface area contributed by atoms with E-state index >= 15 is 0 Å². The average molecular weight is 397 g/mol. The van der Waals surface area contributed by atoms with E-state index in [4.69, 9.17) is 4.74 Å². The van der Waals surface area contributed by atoms with Gasteiger partial charge in [0.25, 0.3) is 0 Å². The Balaban J connectivity index is 1.35. The molecule has 1 aromatic heterocycles. The lowest BCUT2D eigenvalue weighted by Gasteiger charge is -2.38. The van der Waals surface area contributed by atoms with E-state index in [0.29, 0.717) is 31.5 Å². The Morgan fingerprint density at radius 1 is 1.31 bits per heavy atom. The Kier molecular flexibility index (Phi) is 6.62. The predicted molar refractivity (Wildman–Crippen MR) is 113 cm³/mol. The van der Waals surface area contributed by atoms with E-state index in [1.165, 1.54) is 30.5 Å². The number of rotatable bonds is 8. The molecule has 0 spiro atoms. The predicted octanol–water partition coefficient (Wildman–Crippen LogP) is 2.31. The molecule has 2 heterocycles. The number of hydrogen-bond acceptors (Lipinski definition) is 4. The maximum absolute atomic E-state index is 12.9. The quantitative estimate of drug-likeness (QED) is 0.744. The summed E-state index contributed by atoms with van der Waals surface area (Å²) in [6, 6.07) is 9.47. The molecular weight excluding hydrogens is 364 g/mol. The van der Waals surface area contributed by atoms with Crippen molar-refractivity contribution in [1.29, 1.82) is 0 Å². The van der Waals surface area contributed by atoms with E-state index in [1.807, 2.05) is 4.90 Å². The van der Waals surface area contributed by atoms with Gasteiger partial charge in [0.2, 0.25) is 5.91 Å². The van der Waals surface area contributed by atoms with Crippen LogP contribution in [0.5, 0.6) is 0 Å². The van der Waals surface area contributed by atoms with Crippen molar-refractivity contribution in [3.05, 3.63) is 53.6 Å². The zero-order chi connectivity index (χ0) is 20.1. The standard InChI is InChI=1S/C23H32N4O2/c1-29-10-9-27(23(28)13-21-14-24-17-25-21)16-18-5-4-8-26(15-18)22-11-19-6-2-3-7-20(19)12-22/h2-3,6-7,14,17-18,22H,4-5,8-13,15-16H2,1H3,(H,24,25). The van der Waals surface area contributed by atoms with Crippen molar-refractivity contribution >= 4 is 5.91 Å². The molecule has 1 unspecified atom stereocenters. The summed E-state index contributed by atoms with van der Waals surface area (Å²) >= 11 is 0. The number of imidazole rings is 1. The zero-order valence-electron chi connectivity index (χ0n) is 17.3. The van der Waals surface area contributed by atoms with Crippen molar-refractivity contribution in [2.24, 2.45) is 5.92 Å². The van der Waals surface area contributed by atoms with Crippen molar-refractivity contribution in [2.75, 3.05) is 39.9 Å². The molecule has 2 aromatic rings. The summed E-state index contributed by atoms with van der Waals surface area (Å²) in [7, 11) is 1.69. The number of methoxy groups -OCH3 is 1. The minimum Gasteiger partial charge on any atom is -0.383 e. The van der Waals surface area contributed by atoms with Gasteiger partial charge in [-0.05, 0) is 49.3 Å². The molecule has 1 aliphatic heterocycles. The smallest absolute Gasteiger partial charge is 0.228 e. The minimum atomic E-state index is 0.150. The number of nitrogens with zero attached hydrogens (tertiary/aromatic N) is 3. The molecule has 4 rings (SSSR count). The number of carbonyl (C=O) groups excluding carboxylic acids is 1. The number of benzene rings is 1. The summed E-state index contributed by atoms with van der Waals surface area (Å²) in [5.41, 5.74) is 3.89. The SMILES string of the molecule is COCCN(CC1CCCN(C2Cc3ccccc3C2)C1)C(=O)Cc1cnc[nH]1. The van der Waals surface area contributed by atoms with Gasteiger partial charge >= 0.3 is 0 Å². The van der Waals surface area contributed by atoms with Crippen molar-refractivity contribution in [2.45, 2.75) is 38.1 Å². The van der Waals surface area contributed by atoms with Crippen LogP contribution in [0.15, 0.2) is 36.8 Å². The van der Waals surface area contributed by atoms with Gasteiger partial charge in [0, 0.05) is 44.7 Å². The molecule has 1 amide bonds. The number of aromatic amines is 1. The van der Waals surface area contributed by atoms with Crippen LogP contribution in [0.25, 0.3) is 0 Å². The third-order valence-corrected chi connectivity index (χ3v) is 6.39. The van der Waals surface area contributed by atoms with Gasteiger partial charge < -0.3 is 14.6 Å². The van der Waals surface area contributed by atoms with Gasteiger partial charge in [-0.25, -0.2) is 4.98 Å². The first-order valence-corrected chi connectivity index (χ1v) is 10.8. The first kappa shape index (κ1) is 20.1. The van der Waals surface area contributed by atoms with Gasteiger partial charge in [0.15, 0.2) is 0 Å². The Morgan fingerprint density at radius 3 is 2.79 bits per heavy atom. The highest BCUT2D eigenvalue weighted by Crippen LogP contribution is 2.29. The fraction of sp³-hybridized carbons (Fsp3) is 0.565. The van der Waals surface area contributed by atoms with Crippen molar-refractivity contribution < 1.29 is 9.53 Å². The van der Waals surface area contributed by atoms with Gasteiger partial charge in [-0.15, -0.1) is 0 Å². The van der Waals surface area contributed by atoms with E-state index in [-0.39, 0.29) is 5.91 Å². The molecule has 0 saturated carbocycles. The van der Waals surface area contributed by atoms with E-state index in [1.54, 1.807) is 19.6 Å². The zero-order valence-corrected chi connectivity index (χ0v) is 17.3. The van der Waals surface area contributed by atoms with Crippen LogP contribution in [0.1, 0.15) is 29.7 Å². The molecule has 156 valence electrons. The fourth-order valence-corrected chi connectivity index (χ4v) is 4.86. The number of H-pyrrole nitrogens is 1. The normalized spacial score (nSPS) is 20.0. The Bertz CT molecular complexity index is 767. The number of nitrogens with one attached hydrogen (secondary N) is 1. The molecule has 1 aromatic carbocycles. The summed E-state index contributed by atoms with van der Waals surface area (Å²) in [4.78, 5) is 24.6. The molecule has 1 N–H and O–H groups in total. The van der Waals surface area contributed by atoms with Gasteiger partial charge in [-0.3, -0.25) is 9.69 Å². The summed E-state index contributed by atoms with van der Waals surface area (Å²) in [6.45, 7) is 4.29. The number of amides is 1. The lowest BCUT2D eigenvalue weighted by atomic mass is 9.95. The second-order valence-electron chi connectivity index (χ2n) is 8.42. The molecule has 1 atom stereocenters. The second kappa shape index (κ2) is 9.55. The van der Waals surface area contributed by atoms with Crippen LogP contribution < -0.4 is 0 Å². The molecule has 0 radical (unpaired) electrons. The lowest BCUT2D eigenvalue weighted by molar-refractivity contribution is -0.132. The topological polar surface area (TPSA) is 61.5 Å². The van der Waals surface area contributed by atoms with Gasteiger partial charge in [-0.2, -0.15) is 0 Å². The summed E-state index contributed by atoms with van der Waals surface area (Å²) in [6.07, 6.45) is 8.46. The highest BCUT2D eigenvalue weighted by molar-refractivity contribution is 5.78. The second-order valence-corrected chi connectivity index (χ2v) is 8.42. The summed E-state index contributed by atoms with van der Waals surface area (Å²) < 4.78 is 5.26. The van der Waals surface area contributed by atoms with Crippen molar-refractivity contribution in [1.82, 2.24) is 19.8 Å². The highest BCUT2D eigenvalue weighted by Gasteiger charge is 2.31. The summed E-state index contributed by atoms with van der Waals surface area (Å²) in [5.74, 6) is 0.673. The lowest BCUT2D eigenvalue weighted by Crippen LogP contribution is -2.47. The van der Waals surface area contributed by atoms with Crippen LogP contribution in [0.3, 0.4) is 0 Å². The Labute approximate surface area is 173 Å². The number of fused-ring (bicyclic) bond motifs is 1. The first-order valence-electron chi connectivity index (χ1n) is 10.8. The highest BCUT2D eigenvalue weighted by atomic mass is 16.5. The molecular formula is C23H32N4O2. The molecule has 1 fully saturated rings. The number of aromatic nitrogens is 2. The molecule has 1 saturated heterocycles. The third-order valence-electron chi connectivity index (χ3n) is 6.39. The monoisotopic (exact) mass is 396 g/mol. The van der Waals surface area contributed by atoms with E-state index < -0.39 is 0 Å². The van der Waals surface area contributed by atoms with Crippen LogP contribution in [0.2, 0.25) is 0 Å². The number of hydrogen-bond donors (Lipinski definition) is 1. The number of ether oxygens (including phenoxy) is 1. The van der Waals surface area contributed by atoms with E-state index in [0.717, 1.165) is 31.6 Å². The van der Waals surface area contributed by atoms with Crippen LogP contribution in [-0.2, 0) is 28.8 Å². The molecule has 29 heavy (non-hydrogen) atoms. The summed E-state index contributed by atoms with van der Waals surface area (Å²) in [5, 5.41) is 0. The third kappa shape index (κ3) is 5.06. The minimum absolute atomic E-state index is 0.150. The van der Waals surface area contributed by atoms with Gasteiger partial charge in [0.1, 0.15) is 0 Å². The molecule has 6 heteroatoms. The number of carbonyl (C=O) groups is 1. The van der Waals surface area contributed by atoms with Gasteiger partial charge in [0.05, 0.1) is 19.4 Å². The first-order chi connectivity index (χ1) is 14.2. The van der Waals surface area contributed by atoms with Crippen LogP contribution in [0.4, 0.5) is 0 Å². The van der Waals surface area contributed by atoms with Crippen LogP contribution >= 0.6 is 0 Å². The van der Waals surface area contributed by atoms with E-state index in [9.17, 15) is 4.79 Å². The average Bonchev–Trinajstić information content (AvgIpc) is 3.40. The number of likely N-dealkylation sites (tertiary alicyclic amines) is 1. The van der Waals surface area contributed by atoms with Gasteiger partial charge in [-0.1, -0.05) is 24.3 Å². The fourth-order valence-electron chi connectivity index (χ4n) is 4.86. The maximum Gasteiger partial charge on any atom is 0.228 e. The van der Waals surface area contributed by atoms with Crippen molar-refractivity contribution in [3.8, 4) is 0 Å². The molecule has 6 nitrogen and oxygen atoms in total. The van der Waals surface area contributed by atoms with Crippen LogP contribution in [-0.4, -0.2) is 71.6 Å². The number of piperidine rings is 1. The largest absolute Gasteiger partial charge is 0.383 e.